The lowest BCUT2D eigenvalue weighted by molar-refractivity contribution is 0.102. The van der Waals surface area contributed by atoms with E-state index >= 15 is 0 Å². The molecule has 130 valence electrons. The van der Waals surface area contributed by atoms with Gasteiger partial charge in [-0.1, -0.05) is 23.7 Å². The molecule has 2 aromatic heterocycles. The highest BCUT2D eigenvalue weighted by Crippen LogP contribution is 2.23. The quantitative estimate of drug-likeness (QED) is 0.599. The molecule has 0 bridgehead atoms. The number of hydrogen-bond donors (Lipinski definition) is 1. The number of amides is 1. The van der Waals surface area contributed by atoms with Crippen molar-refractivity contribution in [2.24, 2.45) is 14.1 Å². The molecule has 2 aromatic carbocycles. The molecule has 0 aliphatic heterocycles. The molecule has 0 aliphatic carbocycles. The van der Waals surface area contributed by atoms with Gasteiger partial charge in [-0.05, 0) is 42.0 Å². The molecule has 0 atom stereocenters. The molecule has 0 unspecified atom stereocenters. The second-order valence-corrected chi connectivity index (χ2v) is 6.49. The molecular weight excluding hydrogens is 350 g/mol. The first-order valence-corrected chi connectivity index (χ1v) is 8.41. The number of aryl methyl sites for hydroxylation is 2. The zero-order valence-electron chi connectivity index (χ0n) is 14.3. The number of benzene rings is 2. The number of halogens is 1. The summed E-state index contributed by atoms with van der Waals surface area (Å²) in [6.45, 7) is 0. The van der Waals surface area contributed by atoms with E-state index in [1.54, 1.807) is 17.1 Å². The van der Waals surface area contributed by atoms with Gasteiger partial charge in [-0.3, -0.25) is 9.48 Å². The Balaban J connectivity index is 1.60. The minimum Gasteiger partial charge on any atom is -0.334 e. The highest BCUT2D eigenvalue weighted by Gasteiger charge is 2.14. The van der Waals surface area contributed by atoms with Crippen molar-refractivity contribution in [3.8, 4) is 11.3 Å². The smallest absolute Gasteiger partial charge is 0.276 e. The molecule has 0 aliphatic rings. The van der Waals surface area contributed by atoms with Crippen molar-refractivity contribution in [1.82, 2.24) is 19.3 Å². The lowest BCUT2D eigenvalue weighted by Crippen LogP contribution is -2.13. The van der Waals surface area contributed by atoms with Gasteiger partial charge in [0.05, 0.1) is 23.1 Å². The molecule has 0 fully saturated rings. The maximum Gasteiger partial charge on any atom is 0.276 e. The van der Waals surface area contributed by atoms with Gasteiger partial charge in [-0.2, -0.15) is 5.10 Å². The van der Waals surface area contributed by atoms with Gasteiger partial charge in [0.2, 0.25) is 0 Å². The number of carbonyl (C=O) groups excluding carboxylic acids is 1. The average molecular weight is 366 g/mol. The maximum absolute atomic E-state index is 12.6. The van der Waals surface area contributed by atoms with Crippen LogP contribution in [0.25, 0.3) is 22.3 Å². The second kappa shape index (κ2) is 6.31. The minimum absolute atomic E-state index is 0.262. The van der Waals surface area contributed by atoms with Crippen LogP contribution in [0.3, 0.4) is 0 Å². The highest BCUT2D eigenvalue weighted by molar-refractivity contribution is 6.30. The summed E-state index contributed by atoms with van der Waals surface area (Å²) in [6.07, 6.45) is 1.74. The zero-order valence-corrected chi connectivity index (χ0v) is 15.0. The molecule has 2 heterocycles. The van der Waals surface area contributed by atoms with E-state index in [1.807, 2.05) is 61.1 Å². The molecule has 6 nitrogen and oxygen atoms in total. The molecule has 0 radical (unpaired) electrons. The van der Waals surface area contributed by atoms with Crippen LogP contribution in [-0.2, 0) is 14.1 Å². The van der Waals surface area contributed by atoms with Gasteiger partial charge in [0, 0.05) is 24.8 Å². The van der Waals surface area contributed by atoms with E-state index in [4.69, 9.17) is 11.6 Å². The summed E-state index contributed by atoms with van der Waals surface area (Å²) in [4.78, 5) is 16.9. The molecule has 26 heavy (non-hydrogen) atoms. The second-order valence-electron chi connectivity index (χ2n) is 6.06. The number of nitrogens with one attached hydrogen (secondary N) is 1. The van der Waals surface area contributed by atoms with Crippen molar-refractivity contribution in [1.29, 1.82) is 0 Å². The Morgan fingerprint density at radius 2 is 1.85 bits per heavy atom. The molecule has 0 spiro atoms. The van der Waals surface area contributed by atoms with Crippen LogP contribution in [0, 0.1) is 0 Å². The van der Waals surface area contributed by atoms with Crippen LogP contribution in [0.4, 0.5) is 5.69 Å². The normalized spacial score (nSPS) is 11.0. The van der Waals surface area contributed by atoms with Crippen molar-refractivity contribution in [3.05, 3.63) is 65.6 Å². The summed E-state index contributed by atoms with van der Waals surface area (Å²) in [5.41, 5.74) is 4.67. The maximum atomic E-state index is 12.6. The Labute approximate surface area is 155 Å². The van der Waals surface area contributed by atoms with E-state index in [-0.39, 0.29) is 5.91 Å². The minimum atomic E-state index is -0.262. The summed E-state index contributed by atoms with van der Waals surface area (Å²) in [7, 11) is 3.72. The first-order chi connectivity index (χ1) is 12.5. The number of aromatic nitrogens is 4. The molecule has 0 saturated heterocycles. The number of anilines is 1. The van der Waals surface area contributed by atoms with E-state index in [9.17, 15) is 4.79 Å². The number of carbonyl (C=O) groups is 1. The van der Waals surface area contributed by atoms with Crippen molar-refractivity contribution < 1.29 is 4.79 Å². The lowest BCUT2D eigenvalue weighted by Gasteiger charge is -2.03. The average Bonchev–Trinajstić information content (AvgIpc) is 3.19. The Morgan fingerprint density at radius 3 is 2.62 bits per heavy atom. The third-order valence-corrected chi connectivity index (χ3v) is 4.49. The number of hydrogen-bond acceptors (Lipinski definition) is 3. The third-order valence-electron chi connectivity index (χ3n) is 4.24. The van der Waals surface area contributed by atoms with Gasteiger partial charge in [-0.25, -0.2) is 4.98 Å². The van der Waals surface area contributed by atoms with E-state index in [1.165, 1.54) is 0 Å². The van der Waals surface area contributed by atoms with E-state index in [0.717, 1.165) is 22.3 Å². The van der Waals surface area contributed by atoms with Gasteiger partial charge < -0.3 is 9.88 Å². The van der Waals surface area contributed by atoms with Gasteiger partial charge in [0.25, 0.3) is 5.91 Å². The molecule has 7 heteroatoms. The van der Waals surface area contributed by atoms with Gasteiger partial charge in [0.15, 0.2) is 5.69 Å². The molecular formula is C19H16ClN5O. The predicted molar refractivity (Wildman–Crippen MR) is 102 cm³/mol. The van der Waals surface area contributed by atoms with Gasteiger partial charge >= 0.3 is 0 Å². The van der Waals surface area contributed by atoms with E-state index in [2.05, 4.69) is 15.4 Å². The Kier molecular flexibility index (Phi) is 3.97. The van der Waals surface area contributed by atoms with Crippen LogP contribution in [0.2, 0.25) is 5.02 Å². The summed E-state index contributed by atoms with van der Waals surface area (Å²) >= 11 is 5.94. The first-order valence-electron chi connectivity index (χ1n) is 8.04. The van der Waals surface area contributed by atoms with Gasteiger partial charge in [0.1, 0.15) is 0 Å². The van der Waals surface area contributed by atoms with Crippen LogP contribution in [0.5, 0.6) is 0 Å². The number of fused-ring (bicyclic) bond motifs is 1. The fourth-order valence-electron chi connectivity index (χ4n) is 2.87. The number of nitrogens with zero attached hydrogens (tertiary/aromatic N) is 4. The van der Waals surface area contributed by atoms with Crippen LogP contribution >= 0.6 is 11.6 Å². The predicted octanol–water partition coefficient (Wildman–Crippen LogP) is 3.88. The molecule has 0 saturated carbocycles. The van der Waals surface area contributed by atoms with Crippen LogP contribution < -0.4 is 5.32 Å². The van der Waals surface area contributed by atoms with Crippen molar-refractivity contribution >= 4 is 34.2 Å². The standard InChI is InChI=1S/C19H16ClN5O/c1-24-11-21-15-8-7-14(9-18(15)24)22-19(26)16-10-17(25(2)23-16)12-3-5-13(20)6-4-12/h3-11H,1-2H3,(H,22,26). The molecule has 4 rings (SSSR count). The van der Waals surface area contributed by atoms with Crippen molar-refractivity contribution in [2.45, 2.75) is 0 Å². The summed E-state index contributed by atoms with van der Waals surface area (Å²) < 4.78 is 3.59. The van der Waals surface area contributed by atoms with E-state index in [0.29, 0.717) is 16.4 Å². The Hall–Kier alpha value is -3.12. The largest absolute Gasteiger partial charge is 0.334 e. The summed E-state index contributed by atoms with van der Waals surface area (Å²) in [6, 6.07) is 14.8. The lowest BCUT2D eigenvalue weighted by atomic mass is 10.1. The molecule has 1 amide bonds. The topological polar surface area (TPSA) is 64.7 Å². The summed E-state index contributed by atoms with van der Waals surface area (Å²) in [5.74, 6) is -0.262. The third kappa shape index (κ3) is 2.95. The SMILES string of the molecule is Cn1nc(C(=O)Nc2ccc3ncn(C)c3c2)cc1-c1ccc(Cl)cc1. The van der Waals surface area contributed by atoms with Crippen LogP contribution in [0.15, 0.2) is 54.9 Å². The Morgan fingerprint density at radius 1 is 1.08 bits per heavy atom. The fourth-order valence-corrected chi connectivity index (χ4v) is 2.99. The van der Waals surface area contributed by atoms with Crippen molar-refractivity contribution in [2.75, 3.05) is 5.32 Å². The first kappa shape index (κ1) is 16.4. The summed E-state index contributed by atoms with van der Waals surface area (Å²) in [5, 5.41) is 7.89. The zero-order chi connectivity index (χ0) is 18.3. The monoisotopic (exact) mass is 365 g/mol. The highest BCUT2D eigenvalue weighted by atomic mass is 35.5. The van der Waals surface area contributed by atoms with Crippen LogP contribution in [-0.4, -0.2) is 25.2 Å². The van der Waals surface area contributed by atoms with Gasteiger partial charge in [-0.15, -0.1) is 0 Å². The molecule has 4 aromatic rings. The molecule has 1 N–H and O–H groups in total. The Bertz CT molecular complexity index is 1110. The number of rotatable bonds is 3. The number of imidazole rings is 1. The van der Waals surface area contributed by atoms with Crippen molar-refractivity contribution in [3.63, 3.8) is 0 Å². The van der Waals surface area contributed by atoms with E-state index < -0.39 is 0 Å². The fraction of sp³-hybridized carbons (Fsp3) is 0.105. The van der Waals surface area contributed by atoms with Crippen LogP contribution in [0.1, 0.15) is 10.5 Å².